The van der Waals surface area contributed by atoms with E-state index < -0.39 is 5.60 Å². The number of likely N-dealkylation sites (tertiary alicyclic amines) is 1. The van der Waals surface area contributed by atoms with Gasteiger partial charge in [-0.3, -0.25) is 4.90 Å². The van der Waals surface area contributed by atoms with Crippen molar-refractivity contribution in [1.82, 2.24) is 4.90 Å². The number of piperidine rings is 1. The zero-order chi connectivity index (χ0) is 10.2. The molecule has 0 radical (unpaired) electrons. The van der Waals surface area contributed by atoms with Crippen LogP contribution in [-0.4, -0.2) is 45.9 Å². The van der Waals surface area contributed by atoms with Crippen LogP contribution in [0.5, 0.6) is 0 Å². The number of β-amino-alcohol motifs (C(OH)–C–C–N with tert-alkyl or cyclic N) is 1. The average Bonchev–Trinajstić information content (AvgIpc) is 2.49. The monoisotopic (exact) mass is 199 g/mol. The Labute approximate surface area is 85.7 Å². The lowest BCUT2D eigenvalue weighted by Gasteiger charge is -2.41. The van der Waals surface area contributed by atoms with Gasteiger partial charge in [0, 0.05) is 12.6 Å². The Balaban J connectivity index is 1.97. The van der Waals surface area contributed by atoms with Crippen LogP contribution < -0.4 is 0 Å². The van der Waals surface area contributed by atoms with Gasteiger partial charge in [-0.25, -0.2) is 0 Å². The number of aliphatic hydroxyl groups excluding tert-OH is 1. The number of hydrogen-bond donors (Lipinski definition) is 2. The van der Waals surface area contributed by atoms with Gasteiger partial charge in [0.05, 0.1) is 11.7 Å². The highest BCUT2D eigenvalue weighted by Crippen LogP contribution is 2.29. The summed E-state index contributed by atoms with van der Waals surface area (Å²) in [5, 5.41) is 19.8. The fourth-order valence-corrected chi connectivity index (χ4v) is 2.89. The third-order valence-corrected chi connectivity index (χ3v) is 3.62. The molecule has 3 heteroatoms. The van der Waals surface area contributed by atoms with Crippen molar-refractivity contribution in [2.75, 3.05) is 13.1 Å². The summed E-state index contributed by atoms with van der Waals surface area (Å²) >= 11 is 0. The molecule has 3 atom stereocenters. The molecule has 0 aromatic rings. The van der Waals surface area contributed by atoms with Gasteiger partial charge in [-0.15, -0.1) is 0 Å². The van der Waals surface area contributed by atoms with Gasteiger partial charge in [-0.05, 0) is 45.6 Å². The Hall–Kier alpha value is -0.120. The zero-order valence-electron chi connectivity index (χ0n) is 8.95. The molecule has 82 valence electrons. The average molecular weight is 199 g/mol. The Morgan fingerprint density at radius 3 is 2.64 bits per heavy atom. The summed E-state index contributed by atoms with van der Waals surface area (Å²) in [5.74, 6) is 0. The van der Waals surface area contributed by atoms with Crippen LogP contribution in [0.4, 0.5) is 0 Å². The highest BCUT2D eigenvalue weighted by Gasteiger charge is 2.36. The molecular weight excluding hydrogens is 178 g/mol. The summed E-state index contributed by atoms with van der Waals surface area (Å²) < 4.78 is 0. The van der Waals surface area contributed by atoms with Crippen molar-refractivity contribution in [3.05, 3.63) is 0 Å². The van der Waals surface area contributed by atoms with Crippen molar-refractivity contribution in [2.24, 2.45) is 0 Å². The first-order valence-electron chi connectivity index (χ1n) is 5.73. The van der Waals surface area contributed by atoms with Crippen molar-refractivity contribution in [1.29, 1.82) is 0 Å². The molecule has 1 saturated carbocycles. The number of nitrogens with zero attached hydrogens (tertiary/aromatic N) is 1. The Kier molecular flexibility index (Phi) is 2.82. The van der Waals surface area contributed by atoms with Crippen molar-refractivity contribution in [3.8, 4) is 0 Å². The quantitative estimate of drug-likeness (QED) is 0.655. The molecule has 0 spiro atoms. The van der Waals surface area contributed by atoms with E-state index in [4.69, 9.17) is 0 Å². The molecule has 0 aromatic carbocycles. The molecule has 2 rings (SSSR count). The van der Waals surface area contributed by atoms with Crippen molar-refractivity contribution in [2.45, 2.75) is 56.8 Å². The van der Waals surface area contributed by atoms with Gasteiger partial charge >= 0.3 is 0 Å². The third kappa shape index (κ3) is 2.10. The SMILES string of the molecule is CC1(O)CCCN(C2CCCC2O)C1. The van der Waals surface area contributed by atoms with Crippen LogP contribution >= 0.6 is 0 Å². The van der Waals surface area contributed by atoms with Crippen LogP contribution in [0.15, 0.2) is 0 Å². The first kappa shape index (κ1) is 10.4. The molecule has 0 aromatic heterocycles. The van der Waals surface area contributed by atoms with E-state index in [0.29, 0.717) is 6.04 Å². The predicted molar refractivity (Wildman–Crippen MR) is 55.1 cm³/mol. The largest absolute Gasteiger partial charge is 0.391 e. The molecule has 3 nitrogen and oxygen atoms in total. The lowest BCUT2D eigenvalue weighted by atomic mass is 9.93. The van der Waals surface area contributed by atoms with E-state index in [-0.39, 0.29) is 6.10 Å². The molecular formula is C11H21NO2. The standard InChI is InChI=1S/C11H21NO2/c1-11(14)6-3-7-12(8-11)9-4-2-5-10(9)13/h9-10,13-14H,2-8H2,1H3. The van der Waals surface area contributed by atoms with Crippen molar-refractivity contribution >= 4 is 0 Å². The smallest absolute Gasteiger partial charge is 0.0746 e. The van der Waals surface area contributed by atoms with Crippen LogP contribution in [0.3, 0.4) is 0 Å². The molecule has 1 saturated heterocycles. The second-order valence-electron chi connectivity index (χ2n) is 5.14. The first-order chi connectivity index (χ1) is 6.58. The molecule has 0 amide bonds. The Morgan fingerprint density at radius 1 is 1.29 bits per heavy atom. The van der Waals surface area contributed by atoms with Crippen LogP contribution in [0.1, 0.15) is 39.0 Å². The minimum Gasteiger partial charge on any atom is -0.391 e. The van der Waals surface area contributed by atoms with E-state index in [2.05, 4.69) is 4.90 Å². The molecule has 2 fully saturated rings. The van der Waals surface area contributed by atoms with Gasteiger partial charge in [-0.2, -0.15) is 0 Å². The van der Waals surface area contributed by atoms with Crippen LogP contribution in [0.25, 0.3) is 0 Å². The molecule has 1 aliphatic carbocycles. The second kappa shape index (κ2) is 3.80. The summed E-state index contributed by atoms with van der Waals surface area (Å²) in [5.41, 5.74) is -0.541. The maximum Gasteiger partial charge on any atom is 0.0746 e. The van der Waals surface area contributed by atoms with Crippen LogP contribution in [-0.2, 0) is 0 Å². The lowest BCUT2D eigenvalue weighted by molar-refractivity contribution is -0.0461. The lowest BCUT2D eigenvalue weighted by Crippen LogP contribution is -2.52. The van der Waals surface area contributed by atoms with Gasteiger partial charge < -0.3 is 10.2 Å². The summed E-state index contributed by atoms with van der Waals surface area (Å²) in [6.07, 6.45) is 4.94. The highest BCUT2D eigenvalue weighted by molar-refractivity contribution is 4.91. The summed E-state index contributed by atoms with van der Waals surface area (Å²) in [7, 11) is 0. The topological polar surface area (TPSA) is 43.7 Å². The minimum absolute atomic E-state index is 0.163. The number of hydrogen-bond acceptors (Lipinski definition) is 3. The van der Waals surface area contributed by atoms with Gasteiger partial charge in [0.2, 0.25) is 0 Å². The van der Waals surface area contributed by atoms with Crippen molar-refractivity contribution in [3.63, 3.8) is 0 Å². The normalized spacial score (nSPS) is 45.6. The molecule has 2 aliphatic rings. The van der Waals surface area contributed by atoms with E-state index >= 15 is 0 Å². The number of aliphatic hydroxyl groups is 2. The third-order valence-electron chi connectivity index (χ3n) is 3.62. The fourth-order valence-electron chi connectivity index (χ4n) is 2.89. The van der Waals surface area contributed by atoms with E-state index in [9.17, 15) is 10.2 Å². The Bertz CT molecular complexity index is 205. The maximum absolute atomic E-state index is 9.97. The van der Waals surface area contributed by atoms with E-state index in [0.717, 1.165) is 45.2 Å². The van der Waals surface area contributed by atoms with Crippen LogP contribution in [0.2, 0.25) is 0 Å². The summed E-state index contributed by atoms with van der Waals surface area (Å²) in [6.45, 7) is 3.67. The zero-order valence-corrected chi connectivity index (χ0v) is 8.95. The second-order valence-corrected chi connectivity index (χ2v) is 5.14. The maximum atomic E-state index is 9.97. The first-order valence-corrected chi connectivity index (χ1v) is 5.73. The fraction of sp³-hybridized carbons (Fsp3) is 1.00. The minimum atomic E-state index is -0.541. The Morgan fingerprint density at radius 2 is 2.07 bits per heavy atom. The predicted octanol–water partition coefficient (Wildman–Crippen LogP) is 0.747. The molecule has 1 aliphatic heterocycles. The molecule has 0 bridgehead atoms. The summed E-state index contributed by atoms with van der Waals surface area (Å²) in [4.78, 5) is 2.28. The molecule has 14 heavy (non-hydrogen) atoms. The van der Waals surface area contributed by atoms with Gasteiger partial charge in [-0.1, -0.05) is 0 Å². The van der Waals surface area contributed by atoms with E-state index in [1.165, 1.54) is 0 Å². The summed E-state index contributed by atoms with van der Waals surface area (Å²) in [6, 6.07) is 0.307. The van der Waals surface area contributed by atoms with Crippen LogP contribution in [0, 0.1) is 0 Å². The molecule has 3 unspecified atom stereocenters. The molecule has 1 heterocycles. The van der Waals surface area contributed by atoms with Gasteiger partial charge in [0.15, 0.2) is 0 Å². The van der Waals surface area contributed by atoms with E-state index in [1.54, 1.807) is 0 Å². The van der Waals surface area contributed by atoms with Gasteiger partial charge in [0.25, 0.3) is 0 Å². The molecule has 2 N–H and O–H groups in total. The van der Waals surface area contributed by atoms with E-state index in [1.807, 2.05) is 6.92 Å². The van der Waals surface area contributed by atoms with Crippen molar-refractivity contribution < 1.29 is 10.2 Å². The van der Waals surface area contributed by atoms with Gasteiger partial charge in [0.1, 0.15) is 0 Å². The number of rotatable bonds is 1. The highest BCUT2D eigenvalue weighted by atomic mass is 16.3.